The van der Waals surface area contributed by atoms with E-state index in [9.17, 15) is 13.2 Å². The van der Waals surface area contributed by atoms with Crippen LogP contribution in [0.15, 0.2) is 24.3 Å². The van der Waals surface area contributed by atoms with Crippen LogP contribution >= 0.6 is 0 Å². The van der Waals surface area contributed by atoms with Crippen LogP contribution in [0, 0.1) is 12.8 Å². The molecule has 0 unspecified atom stereocenters. The minimum absolute atomic E-state index is 0.248. The van der Waals surface area contributed by atoms with Crippen molar-refractivity contribution in [1.29, 1.82) is 0 Å². The minimum Gasteiger partial charge on any atom is -0.469 e. The molecule has 0 saturated carbocycles. The van der Waals surface area contributed by atoms with E-state index in [0.717, 1.165) is 11.1 Å². The van der Waals surface area contributed by atoms with Gasteiger partial charge in [0.2, 0.25) is 10.0 Å². The van der Waals surface area contributed by atoms with Crippen LogP contribution in [0.5, 0.6) is 0 Å². The van der Waals surface area contributed by atoms with E-state index in [1.165, 1.54) is 18.5 Å². The molecule has 0 saturated heterocycles. The Morgan fingerprint density at radius 3 is 2.35 bits per heavy atom. The molecule has 0 radical (unpaired) electrons. The van der Waals surface area contributed by atoms with E-state index in [0.29, 0.717) is 0 Å². The number of aryl methyl sites for hydroxylation is 1. The van der Waals surface area contributed by atoms with Crippen LogP contribution in [0.3, 0.4) is 0 Å². The van der Waals surface area contributed by atoms with Crippen molar-refractivity contribution in [3.05, 3.63) is 35.4 Å². The van der Waals surface area contributed by atoms with Gasteiger partial charge in [-0.2, -0.15) is 0 Å². The zero-order chi connectivity index (χ0) is 15.3. The van der Waals surface area contributed by atoms with Crippen LogP contribution < -0.4 is 0 Å². The maximum absolute atomic E-state index is 12.2. The second-order valence-corrected chi connectivity index (χ2v) is 7.06. The van der Waals surface area contributed by atoms with Crippen LogP contribution in [0.25, 0.3) is 0 Å². The quantitative estimate of drug-likeness (QED) is 0.748. The Bertz CT molecular complexity index is 551. The van der Waals surface area contributed by atoms with Crippen molar-refractivity contribution in [2.75, 3.05) is 19.9 Å². The van der Waals surface area contributed by atoms with Gasteiger partial charge in [-0.3, -0.25) is 4.79 Å². The SMILES string of the molecule is COC(=O)[C@@H](C)CS(=O)(=O)N(C)Cc1ccc(C)cc1. The molecule has 0 heterocycles. The van der Waals surface area contributed by atoms with E-state index >= 15 is 0 Å². The highest BCUT2D eigenvalue weighted by Gasteiger charge is 2.25. The lowest BCUT2D eigenvalue weighted by Gasteiger charge is -2.19. The maximum atomic E-state index is 12.2. The van der Waals surface area contributed by atoms with Crippen LogP contribution in [0.2, 0.25) is 0 Å². The summed E-state index contributed by atoms with van der Waals surface area (Å²) < 4.78 is 30.1. The lowest BCUT2D eigenvalue weighted by Crippen LogP contribution is -2.33. The molecule has 0 aliphatic heterocycles. The van der Waals surface area contributed by atoms with Gasteiger partial charge in [-0.05, 0) is 12.5 Å². The molecule has 0 aromatic heterocycles. The first-order chi connectivity index (χ1) is 9.26. The van der Waals surface area contributed by atoms with Crippen LogP contribution in [-0.4, -0.2) is 38.6 Å². The fraction of sp³-hybridized carbons (Fsp3) is 0.500. The zero-order valence-electron chi connectivity index (χ0n) is 12.3. The third kappa shape index (κ3) is 4.61. The standard InChI is InChI=1S/C14H21NO4S/c1-11-5-7-13(8-6-11)9-15(3)20(17,18)10-12(2)14(16)19-4/h5-8,12H,9-10H2,1-4H3/t12-/m0/s1. The molecule has 6 heteroatoms. The molecule has 1 rings (SSSR count). The Morgan fingerprint density at radius 1 is 1.30 bits per heavy atom. The molecule has 1 atom stereocenters. The van der Waals surface area contributed by atoms with Gasteiger partial charge in [-0.15, -0.1) is 0 Å². The van der Waals surface area contributed by atoms with Gasteiger partial charge < -0.3 is 4.74 Å². The number of benzene rings is 1. The van der Waals surface area contributed by atoms with Crippen molar-refractivity contribution >= 4 is 16.0 Å². The third-order valence-electron chi connectivity index (χ3n) is 3.06. The van der Waals surface area contributed by atoms with E-state index < -0.39 is 21.9 Å². The summed E-state index contributed by atoms with van der Waals surface area (Å²) in [6.07, 6.45) is 0. The monoisotopic (exact) mass is 299 g/mol. The predicted molar refractivity (Wildman–Crippen MR) is 77.6 cm³/mol. The summed E-state index contributed by atoms with van der Waals surface area (Å²) >= 11 is 0. The van der Waals surface area contributed by atoms with Crippen molar-refractivity contribution < 1.29 is 17.9 Å². The fourth-order valence-electron chi connectivity index (χ4n) is 1.76. The van der Waals surface area contributed by atoms with Gasteiger partial charge in [-0.25, -0.2) is 12.7 Å². The highest BCUT2D eigenvalue weighted by atomic mass is 32.2. The number of hydrogen-bond donors (Lipinski definition) is 0. The second-order valence-electron chi connectivity index (χ2n) is 4.94. The Labute approximate surface area is 120 Å². The number of esters is 1. The van der Waals surface area contributed by atoms with E-state index in [1.807, 2.05) is 31.2 Å². The Balaban J connectivity index is 2.72. The normalized spacial score (nSPS) is 13.2. The fourth-order valence-corrected chi connectivity index (χ4v) is 3.13. The van der Waals surface area contributed by atoms with E-state index in [1.54, 1.807) is 6.92 Å². The molecule has 0 fully saturated rings. The van der Waals surface area contributed by atoms with E-state index in [2.05, 4.69) is 4.74 Å². The smallest absolute Gasteiger partial charge is 0.309 e. The molecule has 112 valence electrons. The average Bonchev–Trinajstić information content (AvgIpc) is 2.39. The largest absolute Gasteiger partial charge is 0.469 e. The summed E-state index contributed by atoms with van der Waals surface area (Å²) in [6.45, 7) is 3.81. The molecule has 0 aliphatic rings. The van der Waals surface area contributed by atoms with Gasteiger partial charge in [0.25, 0.3) is 0 Å². The van der Waals surface area contributed by atoms with Crippen LogP contribution in [0.4, 0.5) is 0 Å². The molecular formula is C14H21NO4S. The first-order valence-electron chi connectivity index (χ1n) is 6.33. The second kappa shape index (κ2) is 6.85. The van der Waals surface area contributed by atoms with Gasteiger partial charge in [0.05, 0.1) is 18.8 Å². The third-order valence-corrected chi connectivity index (χ3v) is 5.06. The number of nitrogens with zero attached hydrogens (tertiary/aromatic N) is 1. The number of carbonyl (C=O) groups excluding carboxylic acids is 1. The molecule has 20 heavy (non-hydrogen) atoms. The zero-order valence-corrected chi connectivity index (χ0v) is 13.1. The molecule has 0 N–H and O–H groups in total. The summed E-state index contributed by atoms with van der Waals surface area (Å²) in [5.41, 5.74) is 2.03. The molecule has 1 aromatic carbocycles. The summed E-state index contributed by atoms with van der Waals surface area (Å²) in [7, 11) is -0.726. The highest BCUT2D eigenvalue weighted by molar-refractivity contribution is 7.89. The van der Waals surface area contributed by atoms with Gasteiger partial charge >= 0.3 is 5.97 Å². The van der Waals surface area contributed by atoms with Crippen molar-refractivity contribution in [2.45, 2.75) is 20.4 Å². The molecule has 0 spiro atoms. The number of carbonyl (C=O) groups is 1. The molecule has 1 aromatic rings. The molecule has 0 amide bonds. The number of methoxy groups -OCH3 is 1. The maximum Gasteiger partial charge on any atom is 0.309 e. The summed E-state index contributed by atoms with van der Waals surface area (Å²) in [4.78, 5) is 11.3. The van der Waals surface area contributed by atoms with E-state index in [4.69, 9.17) is 0 Å². The molecule has 0 bridgehead atoms. The molecule has 5 nitrogen and oxygen atoms in total. The number of ether oxygens (including phenoxy) is 1. The summed E-state index contributed by atoms with van der Waals surface area (Å²) in [5, 5.41) is 0. The first-order valence-corrected chi connectivity index (χ1v) is 7.94. The van der Waals surface area contributed by atoms with Crippen molar-refractivity contribution in [1.82, 2.24) is 4.31 Å². The van der Waals surface area contributed by atoms with Gasteiger partial charge in [-0.1, -0.05) is 36.8 Å². The van der Waals surface area contributed by atoms with Crippen LogP contribution in [-0.2, 0) is 26.1 Å². The number of hydrogen-bond acceptors (Lipinski definition) is 4. The molecular weight excluding hydrogens is 278 g/mol. The van der Waals surface area contributed by atoms with Gasteiger partial charge in [0.1, 0.15) is 0 Å². The van der Waals surface area contributed by atoms with Crippen LogP contribution in [0.1, 0.15) is 18.1 Å². The Hall–Kier alpha value is -1.40. The number of rotatable bonds is 6. The van der Waals surface area contributed by atoms with E-state index in [-0.39, 0.29) is 12.3 Å². The van der Waals surface area contributed by atoms with Crippen molar-refractivity contribution in [3.63, 3.8) is 0 Å². The molecule has 0 aliphatic carbocycles. The lowest BCUT2D eigenvalue weighted by molar-refractivity contribution is -0.144. The summed E-state index contributed by atoms with van der Waals surface area (Å²) in [5.74, 6) is -1.44. The first kappa shape index (κ1) is 16.7. The number of sulfonamides is 1. The van der Waals surface area contributed by atoms with Crippen molar-refractivity contribution in [3.8, 4) is 0 Å². The lowest BCUT2D eigenvalue weighted by atomic mass is 10.1. The van der Waals surface area contributed by atoms with Gasteiger partial charge in [0, 0.05) is 13.6 Å². The summed E-state index contributed by atoms with van der Waals surface area (Å²) in [6, 6.07) is 7.66. The van der Waals surface area contributed by atoms with Gasteiger partial charge in [0.15, 0.2) is 0 Å². The highest BCUT2D eigenvalue weighted by Crippen LogP contribution is 2.12. The average molecular weight is 299 g/mol. The van der Waals surface area contributed by atoms with Crippen molar-refractivity contribution in [2.24, 2.45) is 5.92 Å². The Morgan fingerprint density at radius 2 is 1.85 bits per heavy atom. The minimum atomic E-state index is -3.49. The topological polar surface area (TPSA) is 63.7 Å². The predicted octanol–water partition coefficient (Wildman–Crippen LogP) is 1.57. The Kier molecular flexibility index (Phi) is 5.71.